The normalized spacial score (nSPS) is 14.5. The highest BCUT2D eigenvalue weighted by molar-refractivity contribution is 6.09. The number of hydrogen-bond acceptors (Lipinski definition) is 4. The standard InChI is InChI=1S/C20H18F4N2O3/c21-14-8-9-15(29-20(23)24)17(18(14)22)19(26-28-11-13-6-7-13)25-16(27)10-12-4-2-1-3-5-12/h1-5,8-9,13,20H,6-7,10-11H2,(H,25,26,27)/i/hD. The molecule has 1 aliphatic rings. The first kappa shape index (κ1) is 19.2. The number of hydrogen-bond donors (Lipinski definition) is 1. The zero-order valence-electron chi connectivity index (χ0n) is 16.2. The third kappa shape index (κ3) is 5.94. The van der Waals surface area contributed by atoms with E-state index in [4.69, 9.17) is 6.25 Å². The molecule has 1 N–H and O–H groups in total. The van der Waals surface area contributed by atoms with Crippen molar-refractivity contribution in [3.8, 4) is 5.75 Å². The lowest BCUT2D eigenvalue weighted by molar-refractivity contribution is -0.119. The predicted octanol–water partition coefficient (Wildman–Crippen LogP) is 4.01. The fourth-order valence-corrected chi connectivity index (χ4v) is 2.47. The van der Waals surface area contributed by atoms with Gasteiger partial charge in [0.2, 0.25) is 5.91 Å². The van der Waals surface area contributed by atoms with E-state index >= 15 is 0 Å². The van der Waals surface area contributed by atoms with Crippen molar-refractivity contribution in [2.24, 2.45) is 11.1 Å². The minimum absolute atomic E-state index is 0.131. The minimum atomic E-state index is -3.35. The molecular weight excluding hydrogens is 392 g/mol. The number of alkyl halides is 2. The van der Waals surface area contributed by atoms with Crippen LogP contribution >= 0.6 is 0 Å². The predicted molar refractivity (Wildman–Crippen MR) is 96.5 cm³/mol. The molecule has 1 aliphatic carbocycles. The van der Waals surface area contributed by atoms with Crippen LogP contribution in [0.1, 0.15) is 24.0 Å². The molecule has 0 unspecified atom stereocenters. The topological polar surface area (TPSA) is 59.9 Å². The molecule has 0 aliphatic heterocycles. The minimum Gasteiger partial charge on any atom is -0.434 e. The molecule has 1 amide bonds. The molecule has 154 valence electrons. The Bertz CT molecular complexity index is 924. The second-order valence-electron chi connectivity index (χ2n) is 6.43. The van der Waals surface area contributed by atoms with E-state index in [1.54, 1.807) is 30.3 Å². The van der Waals surface area contributed by atoms with Crippen LogP contribution < -0.4 is 10.0 Å². The van der Waals surface area contributed by atoms with E-state index < -0.39 is 41.3 Å². The van der Waals surface area contributed by atoms with Gasteiger partial charge >= 0.3 is 6.61 Å². The van der Waals surface area contributed by atoms with Crippen LogP contribution in [0, 0.1) is 17.6 Å². The summed E-state index contributed by atoms with van der Waals surface area (Å²) in [6.07, 6.45) is 1.54. The summed E-state index contributed by atoms with van der Waals surface area (Å²) in [4.78, 5) is 17.7. The summed E-state index contributed by atoms with van der Waals surface area (Å²) in [5.41, 5.74) is -0.343. The largest absolute Gasteiger partial charge is 0.434 e. The summed E-state index contributed by atoms with van der Waals surface area (Å²) in [6.45, 7) is -3.21. The Morgan fingerprint density at radius 2 is 1.93 bits per heavy atom. The highest BCUT2D eigenvalue weighted by Crippen LogP contribution is 2.29. The van der Waals surface area contributed by atoms with E-state index in [-0.39, 0.29) is 24.3 Å². The summed E-state index contributed by atoms with van der Waals surface area (Å²) >= 11 is 0. The second kappa shape index (κ2) is 9.40. The highest BCUT2D eigenvalue weighted by atomic mass is 19.3. The zero-order valence-corrected chi connectivity index (χ0v) is 15.2. The van der Waals surface area contributed by atoms with Gasteiger partial charge in [-0.15, -0.1) is 0 Å². The molecule has 5 nitrogen and oxygen atoms in total. The third-order valence-electron chi connectivity index (χ3n) is 4.08. The summed E-state index contributed by atoms with van der Waals surface area (Å²) < 4.78 is 66.3. The molecule has 0 atom stereocenters. The van der Waals surface area contributed by atoms with E-state index in [1.807, 2.05) is 0 Å². The van der Waals surface area contributed by atoms with E-state index in [1.165, 1.54) is 0 Å². The number of rotatable bonds is 8. The van der Waals surface area contributed by atoms with E-state index in [0.717, 1.165) is 18.9 Å². The van der Waals surface area contributed by atoms with Gasteiger partial charge in [-0.3, -0.25) is 4.79 Å². The van der Waals surface area contributed by atoms with Gasteiger partial charge < -0.3 is 14.9 Å². The Morgan fingerprint density at radius 1 is 1.21 bits per heavy atom. The van der Waals surface area contributed by atoms with Crippen molar-refractivity contribution >= 4 is 11.7 Å². The van der Waals surface area contributed by atoms with Crippen molar-refractivity contribution in [1.82, 2.24) is 5.31 Å². The number of amides is 1. The average Bonchev–Trinajstić information content (AvgIpc) is 3.53. The Morgan fingerprint density at radius 3 is 2.59 bits per heavy atom. The van der Waals surface area contributed by atoms with Crippen LogP contribution in [0.15, 0.2) is 47.6 Å². The average molecular weight is 411 g/mol. The molecule has 9 heteroatoms. The van der Waals surface area contributed by atoms with E-state index in [9.17, 15) is 22.4 Å². The van der Waals surface area contributed by atoms with Crippen LogP contribution in [0.2, 0.25) is 1.41 Å². The molecule has 1 saturated carbocycles. The first-order valence-electron chi connectivity index (χ1n) is 9.30. The summed E-state index contributed by atoms with van der Waals surface area (Å²) in [5.74, 6) is -5.17. The van der Waals surface area contributed by atoms with Crippen molar-refractivity contribution in [1.29, 1.82) is 0 Å². The van der Waals surface area contributed by atoms with Gasteiger partial charge in [-0.2, -0.15) is 8.78 Å². The number of amidine groups is 1. The van der Waals surface area contributed by atoms with Gasteiger partial charge in [0, 0.05) is 0 Å². The van der Waals surface area contributed by atoms with Crippen LogP contribution in [0.4, 0.5) is 17.6 Å². The third-order valence-corrected chi connectivity index (χ3v) is 4.08. The monoisotopic (exact) mass is 411 g/mol. The molecule has 1 fully saturated rings. The molecule has 0 aromatic heterocycles. The molecule has 0 bridgehead atoms. The van der Waals surface area contributed by atoms with Crippen LogP contribution in [0.5, 0.6) is 5.75 Å². The lowest BCUT2D eigenvalue weighted by Gasteiger charge is -2.15. The molecule has 2 aromatic carbocycles. The molecule has 0 spiro atoms. The van der Waals surface area contributed by atoms with E-state index in [0.29, 0.717) is 11.6 Å². The SMILES string of the molecule is [2H]N(C(=O)Cc1ccccc1)/C(=N\OCC1CC1)c1c(OC(F)F)ccc(F)c1F. The first-order chi connectivity index (χ1) is 14.4. The fourth-order valence-electron chi connectivity index (χ4n) is 2.47. The Kier molecular flexibility index (Phi) is 6.23. The van der Waals surface area contributed by atoms with Crippen LogP contribution in [-0.2, 0) is 16.1 Å². The molecule has 3 rings (SSSR count). The highest BCUT2D eigenvalue weighted by Gasteiger charge is 2.26. The molecular formula is C20H18F4N2O3. The number of ether oxygens (including phenoxy) is 1. The van der Waals surface area contributed by atoms with Gasteiger partial charge in [0.15, 0.2) is 18.9 Å². The lowest BCUT2D eigenvalue weighted by Crippen LogP contribution is -2.34. The molecule has 0 radical (unpaired) electrons. The number of halogens is 4. The number of oxime groups is 1. The quantitative estimate of drug-likeness (QED) is 0.309. The van der Waals surface area contributed by atoms with E-state index in [2.05, 4.69) is 9.89 Å². The molecule has 29 heavy (non-hydrogen) atoms. The van der Waals surface area contributed by atoms with Gasteiger partial charge in [-0.05, 0) is 36.5 Å². The van der Waals surface area contributed by atoms with Crippen molar-refractivity contribution in [3.63, 3.8) is 0 Å². The maximum atomic E-state index is 14.6. The van der Waals surface area contributed by atoms with Crippen molar-refractivity contribution < 1.29 is 33.3 Å². The second-order valence-corrected chi connectivity index (χ2v) is 6.43. The van der Waals surface area contributed by atoms with Gasteiger partial charge in [0.25, 0.3) is 0 Å². The number of nitrogens with zero attached hydrogens (tertiary/aromatic N) is 1. The Balaban J connectivity index is 1.96. The van der Waals surface area contributed by atoms with Crippen LogP contribution in [0.3, 0.4) is 0 Å². The maximum Gasteiger partial charge on any atom is 0.387 e. The van der Waals surface area contributed by atoms with Crippen LogP contribution in [-0.4, -0.2) is 25.0 Å². The molecule has 0 heterocycles. The van der Waals surface area contributed by atoms with Gasteiger partial charge in [0.05, 0.1) is 6.42 Å². The van der Waals surface area contributed by atoms with Gasteiger partial charge in [0.1, 0.15) is 17.9 Å². The zero-order chi connectivity index (χ0) is 21.7. The number of nitrogens with one attached hydrogen (secondary N) is 1. The summed E-state index contributed by atoms with van der Waals surface area (Å²) in [5, 5.41) is 3.80. The Hall–Kier alpha value is -3.10. The van der Waals surface area contributed by atoms with Gasteiger partial charge in [-0.25, -0.2) is 8.78 Å². The van der Waals surface area contributed by atoms with Crippen molar-refractivity contribution in [3.05, 3.63) is 65.2 Å². The smallest absolute Gasteiger partial charge is 0.387 e. The lowest BCUT2D eigenvalue weighted by atomic mass is 10.1. The molecule has 0 saturated heterocycles. The van der Waals surface area contributed by atoms with Crippen molar-refractivity contribution in [2.75, 3.05) is 6.61 Å². The number of benzene rings is 2. The number of carbonyl (C=O) groups excluding carboxylic acids is 1. The number of carbonyl (C=O) groups is 1. The van der Waals surface area contributed by atoms with Crippen LogP contribution in [0.25, 0.3) is 0 Å². The molecule has 2 aromatic rings. The Labute approximate surface area is 165 Å². The van der Waals surface area contributed by atoms with Crippen molar-refractivity contribution in [2.45, 2.75) is 25.9 Å². The fraction of sp³-hybridized carbons (Fsp3) is 0.300. The first-order valence-corrected chi connectivity index (χ1v) is 8.85. The van der Waals surface area contributed by atoms with Gasteiger partial charge in [-0.1, -0.05) is 35.5 Å². The maximum absolute atomic E-state index is 14.6. The summed E-state index contributed by atoms with van der Waals surface area (Å²) in [6, 6.07) is 9.75. The summed E-state index contributed by atoms with van der Waals surface area (Å²) in [7, 11) is 0.